The monoisotopic (exact) mass is 275 g/mol. The van der Waals surface area contributed by atoms with Crippen LogP contribution in [0.4, 0.5) is 5.69 Å². The Morgan fingerprint density at radius 3 is 3.05 bits per heavy atom. The molecule has 2 aromatic rings. The van der Waals surface area contributed by atoms with E-state index in [0.29, 0.717) is 5.92 Å². The van der Waals surface area contributed by atoms with E-state index in [0.717, 1.165) is 35.1 Å². The van der Waals surface area contributed by atoms with E-state index in [9.17, 15) is 0 Å². The molecule has 2 aliphatic heterocycles. The minimum absolute atomic E-state index is 0.116. The molecule has 1 aromatic heterocycles. The minimum Gasteiger partial charge on any atom is -0.467 e. The highest BCUT2D eigenvalue weighted by Crippen LogP contribution is 2.50. The van der Waals surface area contributed by atoms with Gasteiger partial charge in [-0.25, -0.2) is 0 Å². The normalized spacial score (nSPS) is 28.6. The van der Waals surface area contributed by atoms with Gasteiger partial charge in [-0.1, -0.05) is 11.6 Å². The number of benzene rings is 1. The molecule has 3 heterocycles. The van der Waals surface area contributed by atoms with Gasteiger partial charge in [-0.3, -0.25) is 0 Å². The van der Waals surface area contributed by atoms with Crippen LogP contribution < -0.4 is 5.32 Å². The fraction of sp³-hybridized carbons (Fsp3) is 0.333. The van der Waals surface area contributed by atoms with Crippen LogP contribution >= 0.6 is 11.6 Å². The van der Waals surface area contributed by atoms with Crippen molar-refractivity contribution in [1.82, 2.24) is 0 Å². The number of halogens is 1. The summed E-state index contributed by atoms with van der Waals surface area (Å²) in [6.45, 7) is 0.792. The fourth-order valence-corrected chi connectivity index (χ4v) is 3.37. The van der Waals surface area contributed by atoms with E-state index in [1.807, 2.05) is 30.3 Å². The van der Waals surface area contributed by atoms with Crippen molar-refractivity contribution in [1.29, 1.82) is 0 Å². The van der Waals surface area contributed by atoms with Crippen LogP contribution in [0.5, 0.6) is 0 Å². The highest BCUT2D eigenvalue weighted by atomic mass is 35.5. The highest BCUT2D eigenvalue weighted by molar-refractivity contribution is 6.30. The second kappa shape index (κ2) is 4.29. The van der Waals surface area contributed by atoms with Crippen LogP contribution in [0.3, 0.4) is 0 Å². The van der Waals surface area contributed by atoms with E-state index >= 15 is 0 Å². The smallest absolute Gasteiger partial charge is 0.126 e. The van der Waals surface area contributed by atoms with Gasteiger partial charge in [0, 0.05) is 28.8 Å². The van der Waals surface area contributed by atoms with Crippen molar-refractivity contribution in [2.75, 3.05) is 11.9 Å². The lowest BCUT2D eigenvalue weighted by Gasteiger charge is -2.35. The van der Waals surface area contributed by atoms with Crippen LogP contribution in [0.2, 0.25) is 5.02 Å². The zero-order valence-corrected chi connectivity index (χ0v) is 11.1. The van der Waals surface area contributed by atoms with Crippen molar-refractivity contribution >= 4 is 17.3 Å². The van der Waals surface area contributed by atoms with Crippen molar-refractivity contribution in [3.05, 3.63) is 52.9 Å². The fourth-order valence-electron chi connectivity index (χ4n) is 3.19. The summed E-state index contributed by atoms with van der Waals surface area (Å²) in [5.41, 5.74) is 2.26. The molecule has 4 heteroatoms. The first-order valence-corrected chi connectivity index (χ1v) is 6.92. The molecule has 0 aliphatic carbocycles. The molecule has 0 radical (unpaired) electrons. The second-order valence-electron chi connectivity index (χ2n) is 5.11. The Kier molecular flexibility index (Phi) is 2.57. The van der Waals surface area contributed by atoms with Crippen molar-refractivity contribution in [2.45, 2.75) is 18.6 Å². The number of rotatable bonds is 1. The van der Waals surface area contributed by atoms with Crippen LogP contribution in [-0.4, -0.2) is 6.61 Å². The van der Waals surface area contributed by atoms with Gasteiger partial charge in [0.15, 0.2) is 0 Å². The van der Waals surface area contributed by atoms with Crippen LogP contribution in [0.15, 0.2) is 41.0 Å². The van der Waals surface area contributed by atoms with Gasteiger partial charge in [-0.2, -0.15) is 0 Å². The molecular formula is C15H14ClNO2. The van der Waals surface area contributed by atoms with Gasteiger partial charge >= 0.3 is 0 Å². The third kappa shape index (κ3) is 1.77. The number of fused-ring (bicyclic) bond motifs is 3. The maximum atomic E-state index is 6.10. The summed E-state index contributed by atoms with van der Waals surface area (Å²) in [6, 6.07) is 10.1. The molecule has 1 fully saturated rings. The van der Waals surface area contributed by atoms with E-state index in [1.165, 1.54) is 0 Å². The molecule has 0 spiro atoms. The topological polar surface area (TPSA) is 34.4 Å². The predicted molar refractivity (Wildman–Crippen MR) is 73.3 cm³/mol. The Morgan fingerprint density at radius 2 is 2.21 bits per heavy atom. The first kappa shape index (κ1) is 11.4. The van der Waals surface area contributed by atoms with E-state index < -0.39 is 0 Å². The number of hydrogen-bond donors (Lipinski definition) is 1. The van der Waals surface area contributed by atoms with Crippen LogP contribution in [0.1, 0.15) is 29.9 Å². The maximum absolute atomic E-state index is 6.10. The number of ether oxygens (including phenoxy) is 1. The summed E-state index contributed by atoms with van der Waals surface area (Å²) in [7, 11) is 0. The number of hydrogen-bond acceptors (Lipinski definition) is 3. The van der Waals surface area contributed by atoms with Crippen molar-refractivity contribution < 1.29 is 9.15 Å². The van der Waals surface area contributed by atoms with Crippen molar-refractivity contribution in [3.8, 4) is 0 Å². The molecule has 3 nitrogen and oxygen atoms in total. The molecule has 0 saturated carbocycles. The summed E-state index contributed by atoms with van der Waals surface area (Å²) < 4.78 is 11.5. The number of furan rings is 1. The van der Waals surface area contributed by atoms with Crippen molar-refractivity contribution in [2.24, 2.45) is 5.92 Å². The average molecular weight is 276 g/mol. The standard InChI is InChI=1S/C15H14ClNO2/c16-9-3-4-12-11(8-9)15-10(5-7-19-15)14(17-12)13-2-1-6-18-13/h1-4,6,8,10,14-15,17H,5,7H2/t10-,14-,15+/m0/s1. The van der Waals surface area contributed by atoms with Crippen LogP contribution in [0.25, 0.3) is 0 Å². The highest BCUT2D eigenvalue weighted by Gasteiger charge is 2.42. The largest absolute Gasteiger partial charge is 0.467 e. The first-order chi connectivity index (χ1) is 9.33. The Hall–Kier alpha value is -1.45. The lowest BCUT2D eigenvalue weighted by molar-refractivity contribution is 0.0808. The summed E-state index contributed by atoms with van der Waals surface area (Å²) in [4.78, 5) is 0. The third-order valence-corrected chi connectivity index (χ3v) is 4.28. The summed E-state index contributed by atoms with van der Waals surface area (Å²) >= 11 is 6.10. The predicted octanol–water partition coefficient (Wildman–Crippen LogP) is 4.18. The molecule has 3 atom stereocenters. The van der Waals surface area contributed by atoms with Gasteiger partial charge in [-0.15, -0.1) is 0 Å². The Morgan fingerprint density at radius 1 is 1.26 bits per heavy atom. The second-order valence-corrected chi connectivity index (χ2v) is 5.55. The molecule has 19 heavy (non-hydrogen) atoms. The maximum Gasteiger partial charge on any atom is 0.126 e. The SMILES string of the molecule is Clc1ccc2c(c1)[C@@H]1OCC[C@H]1[C@@H](c1ccco1)N2. The molecule has 0 unspecified atom stereocenters. The average Bonchev–Trinajstić information content (AvgIpc) is 3.09. The molecule has 0 bridgehead atoms. The van der Waals surface area contributed by atoms with E-state index in [4.69, 9.17) is 20.8 Å². The van der Waals surface area contributed by atoms with Gasteiger partial charge in [0.2, 0.25) is 0 Å². The molecular weight excluding hydrogens is 262 g/mol. The van der Waals surface area contributed by atoms with Gasteiger partial charge < -0.3 is 14.5 Å². The molecule has 4 rings (SSSR count). The first-order valence-electron chi connectivity index (χ1n) is 6.54. The van der Waals surface area contributed by atoms with E-state index in [-0.39, 0.29) is 12.1 Å². The molecule has 1 aromatic carbocycles. The summed E-state index contributed by atoms with van der Waals surface area (Å²) in [6.07, 6.45) is 2.87. The quantitative estimate of drug-likeness (QED) is 0.848. The molecule has 1 saturated heterocycles. The Bertz CT molecular complexity index is 596. The lowest BCUT2D eigenvalue weighted by atomic mass is 9.83. The summed E-state index contributed by atoms with van der Waals surface area (Å²) in [5.74, 6) is 1.37. The van der Waals surface area contributed by atoms with Crippen LogP contribution in [0, 0.1) is 5.92 Å². The number of anilines is 1. The molecule has 1 N–H and O–H groups in total. The lowest BCUT2D eigenvalue weighted by Crippen LogP contribution is -2.28. The zero-order chi connectivity index (χ0) is 12.8. The van der Waals surface area contributed by atoms with Gasteiger partial charge in [0.25, 0.3) is 0 Å². The molecule has 0 amide bonds. The third-order valence-electron chi connectivity index (χ3n) is 4.05. The zero-order valence-electron chi connectivity index (χ0n) is 10.3. The minimum atomic E-state index is 0.116. The number of nitrogens with one attached hydrogen (secondary N) is 1. The van der Waals surface area contributed by atoms with Gasteiger partial charge in [0.05, 0.1) is 18.4 Å². The molecule has 2 aliphatic rings. The van der Waals surface area contributed by atoms with Crippen LogP contribution in [-0.2, 0) is 4.74 Å². The Labute approximate surface area is 116 Å². The van der Waals surface area contributed by atoms with E-state index in [1.54, 1.807) is 6.26 Å². The Balaban J connectivity index is 1.80. The molecule has 98 valence electrons. The summed E-state index contributed by atoms with van der Waals surface area (Å²) in [5, 5.41) is 4.32. The van der Waals surface area contributed by atoms with E-state index in [2.05, 4.69) is 5.32 Å². The van der Waals surface area contributed by atoms with Crippen molar-refractivity contribution in [3.63, 3.8) is 0 Å². The van der Waals surface area contributed by atoms with Gasteiger partial charge in [0.1, 0.15) is 5.76 Å². The van der Waals surface area contributed by atoms with Gasteiger partial charge in [-0.05, 0) is 36.8 Å².